The Kier molecular flexibility index (Phi) is 4.34. The van der Waals surface area contributed by atoms with Crippen molar-refractivity contribution in [3.05, 3.63) is 59.4 Å². The van der Waals surface area contributed by atoms with Crippen molar-refractivity contribution in [2.75, 3.05) is 11.4 Å². The fourth-order valence-corrected chi connectivity index (χ4v) is 2.91. The summed E-state index contributed by atoms with van der Waals surface area (Å²) in [6.07, 6.45) is 0.0259. The van der Waals surface area contributed by atoms with Crippen LogP contribution < -0.4 is 9.64 Å². The summed E-state index contributed by atoms with van der Waals surface area (Å²) in [5.74, 6) is -1.28. The first-order chi connectivity index (χ1) is 11.5. The second kappa shape index (κ2) is 6.43. The Morgan fingerprint density at radius 2 is 1.79 bits per heavy atom. The summed E-state index contributed by atoms with van der Waals surface area (Å²) in [5, 5.41) is 0. The Hall–Kier alpha value is -2.69. The molecule has 1 aliphatic heterocycles. The molecule has 0 aromatic heterocycles. The molecule has 0 bridgehead atoms. The minimum Gasteiger partial charge on any atom is -0.426 e. The molecule has 4 nitrogen and oxygen atoms in total. The van der Waals surface area contributed by atoms with E-state index >= 15 is 0 Å². The minimum atomic E-state index is -0.601. The molecule has 1 heterocycles. The van der Waals surface area contributed by atoms with E-state index in [1.54, 1.807) is 12.1 Å². The molecular formula is C19H18FNO3. The van der Waals surface area contributed by atoms with Crippen molar-refractivity contribution in [3.63, 3.8) is 0 Å². The molecule has 5 heteroatoms. The molecule has 124 valence electrons. The van der Waals surface area contributed by atoms with E-state index < -0.39 is 17.7 Å². The summed E-state index contributed by atoms with van der Waals surface area (Å²) in [5.41, 5.74) is 1.92. The van der Waals surface area contributed by atoms with E-state index in [-0.39, 0.29) is 24.6 Å². The van der Waals surface area contributed by atoms with Crippen LogP contribution >= 0.6 is 0 Å². The maximum Gasteiger partial charge on any atom is 0.316 e. The standard InChI is InChI=1S/C19H18FNO3/c1-12-6-5-7-13(2)18(12)24-19(23)14-10-17(22)21(11-14)16-9-4-3-8-15(16)20/h3-9,14H,10-11H2,1-2H3/t14-/m0/s1. The van der Waals surface area contributed by atoms with Crippen LogP contribution in [0.5, 0.6) is 5.75 Å². The van der Waals surface area contributed by atoms with Gasteiger partial charge in [-0.2, -0.15) is 0 Å². The van der Waals surface area contributed by atoms with Crippen molar-refractivity contribution in [1.29, 1.82) is 0 Å². The van der Waals surface area contributed by atoms with Crippen molar-refractivity contribution in [2.45, 2.75) is 20.3 Å². The Morgan fingerprint density at radius 3 is 2.46 bits per heavy atom. The highest BCUT2D eigenvalue weighted by molar-refractivity contribution is 5.99. The molecule has 3 rings (SSSR count). The molecule has 2 aromatic rings. The van der Waals surface area contributed by atoms with Crippen LogP contribution in [-0.2, 0) is 9.59 Å². The fourth-order valence-electron chi connectivity index (χ4n) is 2.91. The first-order valence-corrected chi connectivity index (χ1v) is 7.80. The van der Waals surface area contributed by atoms with Gasteiger partial charge in [-0.1, -0.05) is 30.3 Å². The molecule has 1 amide bonds. The Balaban J connectivity index is 1.76. The predicted octanol–water partition coefficient (Wildman–Crippen LogP) is 3.40. The van der Waals surface area contributed by atoms with Gasteiger partial charge in [-0.3, -0.25) is 9.59 Å². The third-order valence-corrected chi connectivity index (χ3v) is 4.21. The Morgan fingerprint density at radius 1 is 1.12 bits per heavy atom. The number of benzene rings is 2. The molecule has 24 heavy (non-hydrogen) atoms. The fraction of sp³-hybridized carbons (Fsp3) is 0.263. The van der Waals surface area contributed by atoms with Crippen LogP contribution in [0.2, 0.25) is 0 Å². The predicted molar refractivity (Wildman–Crippen MR) is 88.4 cm³/mol. The van der Waals surface area contributed by atoms with E-state index in [1.807, 2.05) is 32.0 Å². The topological polar surface area (TPSA) is 46.6 Å². The first kappa shape index (κ1) is 16.2. The van der Waals surface area contributed by atoms with Gasteiger partial charge in [0.2, 0.25) is 5.91 Å². The first-order valence-electron chi connectivity index (χ1n) is 7.80. The SMILES string of the molecule is Cc1cccc(C)c1OC(=O)[C@H]1CC(=O)N(c2ccccc2F)C1. The molecule has 1 atom stereocenters. The highest BCUT2D eigenvalue weighted by Gasteiger charge is 2.37. The maximum atomic E-state index is 13.9. The van der Waals surface area contributed by atoms with Crippen molar-refractivity contribution in [1.82, 2.24) is 0 Å². The third kappa shape index (κ3) is 3.02. The number of amides is 1. The van der Waals surface area contributed by atoms with E-state index in [9.17, 15) is 14.0 Å². The van der Waals surface area contributed by atoms with E-state index in [0.29, 0.717) is 5.75 Å². The van der Waals surface area contributed by atoms with Crippen LogP contribution in [0.25, 0.3) is 0 Å². The number of carbonyl (C=O) groups excluding carboxylic acids is 2. The monoisotopic (exact) mass is 327 g/mol. The molecule has 1 fully saturated rings. The summed E-state index contributed by atoms with van der Waals surface area (Å²) < 4.78 is 19.4. The smallest absolute Gasteiger partial charge is 0.316 e. The summed E-state index contributed by atoms with van der Waals surface area (Å²) in [4.78, 5) is 25.9. The van der Waals surface area contributed by atoms with Crippen LogP contribution in [0, 0.1) is 25.6 Å². The lowest BCUT2D eigenvalue weighted by Crippen LogP contribution is -2.28. The van der Waals surface area contributed by atoms with Gasteiger partial charge in [0.05, 0.1) is 11.6 Å². The van der Waals surface area contributed by atoms with Gasteiger partial charge in [-0.15, -0.1) is 0 Å². The summed E-state index contributed by atoms with van der Waals surface area (Å²) >= 11 is 0. The summed E-state index contributed by atoms with van der Waals surface area (Å²) in [7, 11) is 0. The third-order valence-electron chi connectivity index (χ3n) is 4.21. The maximum absolute atomic E-state index is 13.9. The number of ether oxygens (including phenoxy) is 1. The Labute approximate surface area is 139 Å². The van der Waals surface area contributed by atoms with Gasteiger partial charge in [0.15, 0.2) is 0 Å². The number of halogens is 1. The zero-order valence-corrected chi connectivity index (χ0v) is 13.6. The quantitative estimate of drug-likeness (QED) is 0.641. The van der Waals surface area contributed by atoms with Crippen molar-refractivity contribution in [3.8, 4) is 5.75 Å². The van der Waals surface area contributed by atoms with Gasteiger partial charge in [0.25, 0.3) is 0 Å². The van der Waals surface area contributed by atoms with Crippen LogP contribution in [-0.4, -0.2) is 18.4 Å². The van der Waals surface area contributed by atoms with E-state index in [4.69, 9.17) is 4.74 Å². The van der Waals surface area contributed by atoms with Crippen molar-refractivity contribution >= 4 is 17.6 Å². The van der Waals surface area contributed by atoms with E-state index in [2.05, 4.69) is 0 Å². The van der Waals surface area contributed by atoms with Crippen molar-refractivity contribution < 1.29 is 18.7 Å². The van der Waals surface area contributed by atoms with Gasteiger partial charge < -0.3 is 9.64 Å². The van der Waals surface area contributed by atoms with Gasteiger partial charge in [0, 0.05) is 13.0 Å². The lowest BCUT2D eigenvalue weighted by atomic mass is 10.1. The van der Waals surface area contributed by atoms with Crippen LogP contribution in [0.4, 0.5) is 10.1 Å². The minimum absolute atomic E-state index is 0.0259. The largest absolute Gasteiger partial charge is 0.426 e. The number of para-hydroxylation sites is 2. The summed E-state index contributed by atoms with van der Waals surface area (Å²) in [6, 6.07) is 11.7. The van der Waals surface area contributed by atoms with Gasteiger partial charge in [0.1, 0.15) is 11.6 Å². The van der Waals surface area contributed by atoms with Crippen LogP contribution in [0.1, 0.15) is 17.5 Å². The number of aryl methyl sites for hydroxylation is 2. The number of rotatable bonds is 3. The zero-order chi connectivity index (χ0) is 17.3. The summed E-state index contributed by atoms with van der Waals surface area (Å²) in [6.45, 7) is 3.85. The lowest BCUT2D eigenvalue weighted by Gasteiger charge is -2.17. The molecule has 1 aliphatic rings. The number of hydrogen-bond acceptors (Lipinski definition) is 3. The molecule has 1 saturated heterocycles. The number of esters is 1. The molecule has 0 aliphatic carbocycles. The van der Waals surface area contributed by atoms with Crippen LogP contribution in [0.3, 0.4) is 0 Å². The number of carbonyl (C=O) groups is 2. The molecule has 0 radical (unpaired) electrons. The molecule has 2 aromatic carbocycles. The molecule has 0 saturated carbocycles. The average Bonchev–Trinajstić information content (AvgIpc) is 2.93. The Bertz CT molecular complexity index is 783. The second-order valence-electron chi connectivity index (χ2n) is 6.00. The highest BCUT2D eigenvalue weighted by atomic mass is 19.1. The number of anilines is 1. The van der Waals surface area contributed by atoms with E-state index in [0.717, 1.165) is 11.1 Å². The molecular weight excluding hydrogens is 309 g/mol. The average molecular weight is 327 g/mol. The molecule has 0 N–H and O–H groups in total. The van der Waals surface area contributed by atoms with Gasteiger partial charge in [-0.05, 0) is 37.1 Å². The van der Waals surface area contributed by atoms with E-state index in [1.165, 1.54) is 17.0 Å². The highest BCUT2D eigenvalue weighted by Crippen LogP contribution is 2.29. The van der Waals surface area contributed by atoms with Gasteiger partial charge in [-0.25, -0.2) is 4.39 Å². The van der Waals surface area contributed by atoms with Crippen LogP contribution in [0.15, 0.2) is 42.5 Å². The van der Waals surface area contributed by atoms with Crippen molar-refractivity contribution in [2.24, 2.45) is 5.92 Å². The van der Waals surface area contributed by atoms with Gasteiger partial charge >= 0.3 is 5.97 Å². The molecule has 0 unspecified atom stereocenters. The lowest BCUT2D eigenvalue weighted by molar-refractivity contribution is -0.139. The molecule has 0 spiro atoms. The second-order valence-corrected chi connectivity index (χ2v) is 6.00. The number of hydrogen-bond donors (Lipinski definition) is 0. The zero-order valence-electron chi connectivity index (χ0n) is 13.6. The number of nitrogens with zero attached hydrogens (tertiary/aromatic N) is 1. The normalized spacial score (nSPS) is 17.2.